The zero-order valence-electron chi connectivity index (χ0n) is 17.4. The van der Waals surface area contributed by atoms with Gasteiger partial charge in [0.25, 0.3) is 0 Å². The van der Waals surface area contributed by atoms with Gasteiger partial charge in [-0.15, -0.1) is 0 Å². The van der Waals surface area contributed by atoms with Gasteiger partial charge in [0.1, 0.15) is 35.0 Å². The lowest BCUT2D eigenvalue weighted by molar-refractivity contribution is -0.116. The Morgan fingerprint density at radius 3 is 3.00 bits per heavy atom. The number of pyridine rings is 2. The van der Waals surface area contributed by atoms with Gasteiger partial charge < -0.3 is 19.8 Å². The van der Waals surface area contributed by atoms with Crippen molar-refractivity contribution in [3.8, 4) is 5.75 Å². The molecule has 1 amide bonds. The zero-order valence-corrected chi connectivity index (χ0v) is 17.4. The highest BCUT2D eigenvalue weighted by Gasteiger charge is 2.66. The molecule has 5 heterocycles. The van der Waals surface area contributed by atoms with E-state index in [1.165, 1.54) is 0 Å². The number of anilines is 1. The van der Waals surface area contributed by atoms with Crippen LogP contribution in [0.25, 0.3) is 11.0 Å². The van der Waals surface area contributed by atoms with E-state index in [0.717, 1.165) is 39.7 Å². The number of imidazole rings is 1. The van der Waals surface area contributed by atoms with E-state index in [4.69, 9.17) is 14.5 Å². The van der Waals surface area contributed by atoms with Crippen molar-refractivity contribution in [2.75, 3.05) is 5.32 Å². The number of carbonyl (C=O) groups excluding carboxylic acids is 1. The third kappa shape index (κ3) is 2.55. The summed E-state index contributed by atoms with van der Waals surface area (Å²) in [4.78, 5) is 28.4. The Kier molecular flexibility index (Phi) is 3.60. The number of hydrogen-bond acceptors (Lipinski definition) is 6. The van der Waals surface area contributed by atoms with Crippen LogP contribution in [0.5, 0.6) is 5.75 Å². The summed E-state index contributed by atoms with van der Waals surface area (Å²) in [7, 11) is 0. The molecule has 2 fully saturated rings. The first-order valence-corrected chi connectivity index (χ1v) is 11.0. The standard InChI is InChI=1S/C24H21N5O3/c1-11-15(31-16-7-9-26-23-12(16)2-5-18(30)29-23)3-4-17-19(11)20-21(22(20)32-17)24-27-13-6-8-25-10-14(13)28-24/h3-4,6-11,19-22H,2,5H2,1H3,(H,27,28)(H,26,29,30). The minimum atomic E-state index is -0.00438. The second-order valence-electron chi connectivity index (χ2n) is 8.94. The van der Waals surface area contributed by atoms with Crippen LogP contribution in [0.4, 0.5) is 5.82 Å². The van der Waals surface area contributed by atoms with E-state index in [1.807, 2.05) is 30.5 Å². The molecule has 32 heavy (non-hydrogen) atoms. The van der Waals surface area contributed by atoms with Crippen molar-refractivity contribution in [3.63, 3.8) is 0 Å². The number of carbonyl (C=O) groups is 1. The Bertz CT molecular complexity index is 1310. The van der Waals surface area contributed by atoms with Gasteiger partial charge in [0.2, 0.25) is 5.91 Å². The molecular weight excluding hydrogens is 406 g/mol. The van der Waals surface area contributed by atoms with Crippen LogP contribution in [-0.4, -0.2) is 31.9 Å². The van der Waals surface area contributed by atoms with Crippen LogP contribution < -0.4 is 10.1 Å². The molecule has 0 radical (unpaired) electrons. The summed E-state index contributed by atoms with van der Waals surface area (Å²) in [5.74, 6) is 5.35. The predicted octanol–water partition coefficient (Wildman–Crippen LogP) is 3.46. The first-order chi connectivity index (χ1) is 15.7. The highest BCUT2D eigenvalue weighted by atomic mass is 16.5. The fourth-order valence-electron chi connectivity index (χ4n) is 5.51. The van der Waals surface area contributed by atoms with Crippen molar-refractivity contribution in [1.29, 1.82) is 0 Å². The Morgan fingerprint density at radius 1 is 1.16 bits per heavy atom. The molecule has 2 aliphatic carbocycles. The van der Waals surface area contributed by atoms with Crippen molar-refractivity contribution < 1.29 is 14.3 Å². The van der Waals surface area contributed by atoms with E-state index >= 15 is 0 Å². The summed E-state index contributed by atoms with van der Waals surface area (Å²) < 4.78 is 12.7. The second kappa shape index (κ2) is 6.41. The lowest BCUT2D eigenvalue weighted by atomic mass is 9.83. The maximum atomic E-state index is 11.7. The lowest BCUT2D eigenvalue weighted by Crippen LogP contribution is -2.24. The van der Waals surface area contributed by atoms with Gasteiger partial charge in [-0.05, 0) is 30.7 Å². The van der Waals surface area contributed by atoms with E-state index in [-0.39, 0.29) is 29.8 Å². The molecule has 5 unspecified atom stereocenters. The van der Waals surface area contributed by atoms with Gasteiger partial charge >= 0.3 is 0 Å². The van der Waals surface area contributed by atoms with Crippen LogP contribution in [0, 0.1) is 17.8 Å². The number of hydrogen-bond donors (Lipinski definition) is 2. The summed E-state index contributed by atoms with van der Waals surface area (Å²) >= 11 is 0. The molecule has 0 aromatic carbocycles. The van der Waals surface area contributed by atoms with Crippen molar-refractivity contribution in [1.82, 2.24) is 19.9 Å². The van der Waals surface area contributed by atoms with Gasteiger partial charge in [-0.3, -0.25) is 9.78 Å². The molecule has 2 N–H and O–H groups in total. The van der Waals surface area contributed by atoms with Gasteiger partial charge in [-0.1, -0.05) is 6.92 Å². The number of nitrogens with zero attached hydrogens (tertiary/aromatic N) is 3. The number of aromatic amines is 1. The van der Waals surface area contributed by atoms with Crippen LogP contribution in [0.3, 0.4) is 0 Å². The quantitative estimate of drug-likeness (QED) is 0.664. The first-order valence-electron chi connectivity index (χ1n) is 11.0. The van der Waals surface area contributed by atoms with Crippen molar-refractivity contribution in [2.45, 2.75) is 31.8 Å². The van der Waals surface area contributed by atoms with Gasteiger partial charge in [-0.25, -0.2) is 9.97 Å². The summed E-state index contributed by atoms with van der Waals surface area (Å²) in [6, 6.07) is 3.80. The smallest absolute Gasteiger partial charge is 0.225 e. The van der Waals surface area contributed by atoms with Gasteiger partial charge in [-0.2, -0.15) is 0 Å². The third-order valence-corrected chi connectivity index (χ3v) is 7.14. The van der Waals surface area contributed by atoms with Crippen molar-refractivity contribution in [2.24, 2.45) is 17.8 Å². The molecule has 160 valence electrons. The van der Waals surface area contributed by atoms with E-state index in [2.05, 4.69) is 27.2 Å². The fraction of sp³-hybridized carbons (Fsp3) is 0.333. The van der Waals surface area contributed by atoms with Crippen LogP contribution in [0.15, 0.2) is 54.4 Å². The van der Waals surface area contributed by atoms with E-state index in [9.17, 15) is 4.79 Å². The number of allylic oxidation sites excluding steroid dienone is 4. The average molecular weight is 427 g/mol. The van der Waals surface area contributed by atoms with Crippen molar-refractivity contribution >= 4 is 22.8 Å². The Hall–Kier alpha value is -3.68. The third-order valence-electron chi connectivity index (χ3n) is 7.14. The maximum Gasteiger partial charge on any atom is 0.225 e. The largest absolute Gasteiger partial charge is 0.493 e. The molecule has 3 aromatic heterocycles. The molecule has 7 rings (SSSR count). The highest BCUT2D eigenvalue weighted by molar-refractivity contribution is 5.93. The molecule has 0 spiro atoms. The number of amides is 1. The van der Waals surface area contributed by atoms with Crippen LogP contribution >= 0.6 is 0 Å². The van der Waals surface area contributed by atoms with E-state index in [1.54, 1.807) is 12.4 Å². The van der Waals surface area contributed by atoms with Gasteiger partial charge in [0.05, 0.1) is 23.1 Å². The summed E-state index contributed by atoms with van der Waals surface area (Å²) in [5, 5.41) is 2.84. The molecule has 1 saturated carbocycles. The minimum absolute atomic E-state index is 0.00438. The normalized spacial score (nSPS) is 29.8. The molecule has 0 bridgehead atoms. The average Bonchev–Trinajstić information content (AvgIpc) is 3.15. The summed E-state index contributed by atoms with van der Waals surface area (Å²) in [6.45, 7) is 2.20. The number of fused-ring (bicyclic) bond motifs is 5. The number of aromatic nitrogens is 4. The monoisotopic (exact) mass is 427 g/mol. The second-order valence-corrected chi connectivity index (χ2v) is 8.94. The number of ether oxygens (including phenoxy) is 2. The highest BCUT2D eigenvalue weighted by Crippen LogP contribution is 2.64. The molecular formula is C24H21N5O3. The fourth-order valence-corrected chi connectivity index (χ4v) is 5.51. The van der Waals surface area contributed by atoms with Crippen LogP contribution in [0.2, 0.25) is 0 Å². The minimum Gasteiger partial charge on any atom is -0.493 e. The molecule has 8 heteroatoms. The molecule has 4 aliphatic rings. The van der Waals surface area contributed by atoms with Crippen LogP contribution in [-0.2, 0) is 16.0 Å². The Balaban J connectivity index is 1.15. The maximum absolute atomic E-state index is 11.7. The predicted molar refractivity (Wildman–Crippen MR) is 116 cm³/mol. The van der Waals surface area contributed by atoms with Gasteiger partial charge in [0, 0.05) is 42.1 Å². The van der Waals surface area contributed by atoms with E-state index in [0.29, 0.717) is 24.6 Å². The number of H-pyrrole nitrogens is 1. The topological polar surface area (TPSA) is 102 Å². The molecule has 3 aromatic rings. The Morgan fingerprint density at radius 2 is 2.09 bits per heavy atom. The summed E-state index contributed by atoms with van der Waals surface area (Å²) in [5.41, 5.74) is 2.85. The molecule has 2 aliphatic heterocycles. The zero-order chi connectivity index (χ0) is 21.4. The Labute approximate surface area is 183 Å². The molecule has 8 nitrogen and oxygen atoms in total. The lowest BCUT2D eigenvalue weighted by Gasteiger charge is -2.29. The number of nitrogens with one attached hydrogen (secondary N) is 2. The number of rotatable bonds is 3. The first kappa shape index (κ1) is 17.9. The summed E-state index contributed by atoms with van der Waals surface area (Å²) in [6.07, 6.45) is 10.5. The SMILES string of the molecule is CC1C(Oc2ccnc3c2CCC(=O)N3)=CC=C2OC3C(c4nc5ccncc5[nH]4)C3C21. The van der Waals surface area contributed by atoms with Crippen LogP contribution in [0.1, 0.15) is 30.7 Å². The van der Waals surface area contributed by atoms with E-state index < -0.39 is 0 Å². The molecule has 1 saturated heterocycles. The van der Waals surface area contributed by atoms with Gasteiger partial charge in [0.15, 0.2) is 0 Å². The van der Waals surface area contributed by atoms with Crippen molar-refractivity contribution in [3.05, 3.63) is 65.8 Å². The molecule has 5 atom stereocenters.